The van der Waals surface area contributed by atoms with Crippen LogP contribution in [0.5, 0.6) is 0 Å². The van der Waals surface area contributed by atoms with Gasteiger partial charge in [0.1, 0.15) is 5.82 Å². The van der Waals surface area contributed by atoms with E-state index in [-0.39, 0.29) is 17.6 Å². The van der Waals surface area contributed by atoms with Crippen molar-refractivity contribution in [1.82, 2.24) is 0 Å². The monoisotopic (exact) mass is 404 g/mol. The van der Waals surface area contributed by atoms with Crippen molar-refractivity contribution >= 4 is 12.7 Å². The average Bonchev–Trinajstić information content (AvgIpc) is 2.68. The molecule has 152 valence electrons. The van der Waals surface area contributed by atoms with Gasteiger partial charge >= 0.3 is 0 Å². The van der Waals surface area contributed by atoms with E-state index in [2.05, 4.69) is 20.8 Å². The van der Waals surface area contributed by atoms with Crippen LogP contribution in [0.1, 0.15) is 51.4 Å². The molecule has 3 rings (SSSR count). The van der Waals surface area contributed by atoms with E-state index in [1.807, 2.05) is 6.07 Å². The Balaban J connectivity index is 2.02. The maximum atomic E-state index is 14.4. The fraction of sp³-hybridized carbons (Fsp3) is 0.478. The largest absolute Gasteiger partial charge is 0.378 e. The number of aliphatic hydroxyl groups is 1. The lowest BCUT2D eigenvalue weighted by atomic mass is 9.75. The molecule has 5 heteroatoms. The van der Waals surface area contributed by atoms with Gasteiger partial charge in [-0.1, -0.05) is 63.6 Å². The molecule has 1 fully saturated rings. The molecule has 0 heterocycles. The third kappa shape index (κ3) is 4.40. The molecule has 1 aliphatic rings. The van der Waals surface area contributed by atoms with Crippen molar-refractivity contribution < 1.29 is 18.6 Å². The molecular formula is C23H30FO3P. The molecule has 28 heavy (non-hydrogen) atoms. The van der Waals surface area contributed by atoms with E-state index in [9.17, 15) is 14.1 Å². The summed E-state index contributed by atoms with van der Waals surface area (Å²) in [5, 5.41) is 11.5. The Labute approximate surface area is 167 Å². The second-order valence-corrected chi connectivity index (χ2v) is 10.7. The van der Waals surface area contributed by atoms with Gasteiger partial charge in [0.25, 0.3) is 7.37 Å². The molecule has 0 radical (unpaired) electrons. The minimum atomic E-state index is -3.77. The van der Waals surface area contributed by atoms with E-state index in [1.54, 1.807) is 36.4 Å². The van der Waals surface area contributed by atoms with Gasteiger partial charge < -0.3 is 9.63 Å². The highest BCUT2D eigenvalue weighted by molar-refractivity contribution is 7.67. The normalized spacial score (nSPS) is 26.0. The Bertz CT molecular complexity index is 824. The molecule has 0 unspecified atom stereocenters. The van der Waals surface area contributed by atoms with Gasteiger partial charge in [0.2, 0.25) is 0 Å². The Hall–Kier alpha value is -1.48. The van der Waals surface area contributed by atoms with Crippen LogP contribution in [0.4, 0.5) is 4.39 Å². The van der Waals surface area contributed by atoms with Gasteiger partial charge in [-0.25, -0.2) is 4.39 Å². The van der Waals surface area contributed by atoms with Crippen molar-refractivity contribution in [2.24, 2.45) is 17.8 Å². The number of aliphatic hydroxyl groups excluding tert-OH is 1. The van der Waals surface area contributed by atoms with Crippen LogP contribution in [0.2, 0.25) is 0 Å². The second-order valence-electron chi connectivity index (χ2n) is 8.30. The van der Waals surface area contributed by atoms with Crippen LogP contribution in [-0.4, -0.2) is 11.2 Å². The van der Waals surface area contributed by atoms with Gasteiger partial charge in [-0.2, -0.15) is 0 Å². The van der Waals surface area contributed by atoms with Crippen molar-refractivity contribution in [2.45, 2.75) is 52.0 Å². The van der Waals surface area contributed by atoms with Crippen molar-refractivity contribution in [3.8, 4) is 0 Å². The van der Waals surface area contributed by atoms with Gasteiger partial charge in [0.15, 0.2) is 5.85 Å². The Kier molecular flexibility index (Phi) is 6.75. The predicted molar refractivity (Wildman–Crippen MR) is 111 cm³/mol. The number of hydrogen-bond acceptors (Lipinski definition) is 3. The maximum Gasteiger partial charge on any atom is 0.264 e. The molecule has 0 saturated heterocycles. The minimum absolute atomic E-state index is 0.0136. The molecule has 1 aliphatic carbocycles. The summed E-state index contributed by atoms with van der Waals surface area (Å²) in [6.45, 7) is 6.48. The highest BCUT2D eigenvalue weighted by Crippen LogP contribution is 2.60. The molecule has 2 aromatic rings. The van der Waals surface area contributed by atoms with Crippen molar-refractivity contribution in [1.29, 1.82) is 0 Å². The summed E-state index contributed by atoms with van der Waals surface area (Å²) in [4.78, 5) is 0. The zero-order chi connectivity index (χ0) is 20.3. The predicted octanol–water partition coefficient (Wildman–Crippen LogP) is 5.90. The number of hydrogen-bond donors (Lipinski definition) is 1. The SMILES string of the molecule is CC(C)[C@H]1CC[C@@H](C)C[C@H]1O[P@](=O)(c1ccccc1)[C@H](O)c1ccccc1F. The van der Waals surface area contributed by atoms with Gasteiger partial charge in [0.05, 0.1) is 6.10 Å². The van der Waals surface area contributed by atoms with E-state index in [0.717, 1.165) is 19.3 Å². The summed E-state index contributed by atoms with van der Waals surface area (Å²) in [5.41, 5.74) is 0.0136. The van der Waals surface area contributed by atoms with Crippen molar-refractivity contribution in [2.75, 3.05) is 0 Å². The number of halogens is 1. The highest BCUT2D eigenvalue weighted by Gasteiger charge is 2.43. The van der Waals surface area contributed by atoms with E-state index in [0.29, 0.717) is 17.1 Å². The topological polar surface area (TPSA) is 46.5 Å². The molecule has 2 aromatic carbocycles. The molecule has 5 atom stereocenters. The lowest BCUT2D eigenvalue weighted by molar-refractivity contribution is 0.0425. The third-order valence-corrected chi connectivity index (χ3v) is 8.40. The molecule has 0 bridgehead atoms. The van der Waals surface area contributed by atoms with E-state index in [1.165, 1.54) is 12.1 Å². The summed E-state index contributed by atoms with van der Waals surface area (Å²) in [7, 11) is -3.77. The zero-order valence-corrected chi connectivity index (χ0v) is 17.7. The van der Waals surface area contributed by atoms with E-state index in [4.69, 9.17) is 4.52 Å². The third-order valence-electron chi connectivity index (χ3n) is 5.87. The number of benzene rings is 2. The lowest BCUT2D eigenvalue weighted by Crippen LogP contribution is -2.35. The minimum Gasteiger partial charge on any atom is -0.378 e. The van der Waals surface area contributed by atoms with Crippen LogP contribution in [-0.2, 0) is 9.09 Å². The fourth-order valence-electron chi connectivity index (χ4n) is 4.20. The van der Waals surface area contributed by atoms with Crippen LogP contribution in [0, 0.1) is 23.6 Å². The quantitative estimate of drug-likeness (QED) is 0.610. The fourth-order valence-corrected chi connectivity index (χ4v) is 6.53. The zero-order valence-electron chi connectivity index (χ0n) is 16.8. The van der Waals surface area contributed by atoms with Crippen LogP contribution >= 0.6 is 7.37 Å². The molecule has 1 saturated carbocycles. The van der Waals surface area contributed by atoms with Gasteiger partial charge in [-0.15, -0.1) is 0 Å². The average molecular weight is 404 g/mol. The summed E-state index contributed by atoms with van der Waals surface area (Å²) < 4.78 is 34.9. The van der Waals surface area contributed by atoms with Gasteiger partial charge in [0, 0.05) is 10.9 Å². The molecule has 0 aromatic heterocycles. The van der Waals surface area contributed by atoms with Crippen LogP contribution in [0.25, 0.3) is 0 Å². The summed E-state index contributed by atoms with van der Waals surface area (Å²) in [5.74, 6) is -1.00. The molecule has 1 N–H and O–H groups in total. The van der Waals surface area contributed by atoms with Gasteiger partial charge in [-0.05, 0) is 48.8 Å². The first kappa shape index (κ1) is 21.2. The number of rotatable bonds is 6. The van der Waals surface area contributed by atoms with Crippen LogP contribution in [0.3, 0.4) is 0 Å². The van der Waals surface area contributed by atoms with Crippen molar-refractivity contribution in [3.63, 3.8) is 0 Å². The first-order valence-corrected chi connectivity index (χ1v) is 11.8. The Morgan fingerprint density at radius 1 is 1.07 bits per heavy atom. The Morgan fingerprint density at radius 3 is 2.36 bits per heavy atom. The highest BCUT2D eigenvalue weighted by atomic mass is 31.2. The smallest absolute Gasteiger partial charge is 0.264 e. The summed E-state index contributed by atoms with van der Waals surface area (Å²) in [6, 6.07) is 14.7. The Morgan fingerprint density at radius 2 is 1.71 bits per heavy atom. The van der Waals surface area contributed by atoms with E-state index >= 15 is 0 Å². The first-order valence-electron chi connectivity index (χ1n) is 10.1. The lowest BCUT2D eigenvalue weighted by Gasteiger charge is -2.39. The maximum absolute atomic E-state index is 14.4. The second kappa shape index (κ2) is 8.90. The molecule has 0 spiro atoms. The summed E-state index contributed by atoms with van der Waals surface area (Å²) in [6.07, 6.45) is 2.70. The standard InChI is InChI=1S/C23H30FO3P/c1-16(2)19-14-13-17(3)15-22(19)27-28(26,18-9-5-4-6-10-18)23(25)20-11-7-8-12-21(20)24/h4-12,16-17,19,22-23,25H,13-15H2,1-3H3/t17-,19-,22-,23+,28-/m1/s1. The molecule has 0 amide bonds. The van der Waals surface area contributed by atoms with Crippen LogP contribution < -0.4 is 5.30 Å². The molecule has 3 nitrogen and oxygen atoms in total. The molecular weight excluding hydrogens is 374 g/mol. The first-order chi connectivity index (χ1) is 13.3. The summed E-state index contributed by atoms with van der Waals surface area (Å²) >= 11 is 0. The van der Waals surface area contributed by atoms with E-state index < -0.39 is 19.0 Å². The van der Waals surface area contributed by atoms with Crippen molar-refractivity contribution in [3.05, 3.63) is 66.0 Å². The molecule has 0 aliphatic heterocycles. The van der Waals surface area contributed by atoms with Crippen LogP contribution in [0.15, 0.2) is 54.6 Å². The van der Waals surface area contributed by atoms with Gasteiger partial charge in [-0.3, -0.25) is 4.57 Å².